The second kappa shape index (κ2) is 6.11. The quantitative estimate of drug-likeness (QED) is 0.846. The van der Waals surface area contributed by atoms with Crippen molar-refractivity contribution in [3.63, 3.8) is 0 Å². The van der Waals surface area contributed by atoms with Gasteiger partial charge in [0.25, 0.3) is 0 Å². The van der Waals surface area contributed by atoms with Crippen LogP contribution in [-0.4, -0.2) is 35.2 Å². The highest BCUT2D eigenvalue weighted by atomic mass is 32.2. The minimum Gasteiger partial charge on any atom is -0.591 e. The average Bonchev–Trinajstić information content (AvgIpc) is 2.79. The summed E-state index contributed by atoms with van der Waals surface area (Å²) in [7, 11) is 1.68. The fourth-order valence-corrected chi connectivity index (χ4v) is 4.21. The third kappa shape index (κ3) is 3.14. The van der Waals surface area contributed by atoms with E-state index in [0.29, 0.717) is 0 Å². The van der Waals surface area contributed by atoms with E-state index in [9.17, 15) is 4.55 Å². The summed E-state index contributed by atoms with van der Waals surface area (Å²) < 4.78 is 22.5. The molecule has 0 bridgehead atoms. The molecule has 0 aromatic heterocycles. The van der Waals surface area contributed by atoms with Gasteiger partial charge in [-0.25, -0.2) is 0 Å². The Kier molecular flexibility index (Phi) is 4.47. The number of ether oxygens (including phenoxy) is 1. The lowest BCUT2D eigenvalue weighted by Gasteiger charge is -2.34. The summed E-state index contributed by atoms with van der Waals surface area (Å²) in [5.74, 6) is 0.837. The molecule has 126 valence electrons. The number of rotatable bonds is 2. The molecule has 1 spiro atoms. The first kappa shape index (κ1) is 16.8. The van der Waals surface area contributed by atoms with E-state index >= 15 is 0 Å². The van der Waals surface area contributed by atoms with E-state index in [-0.39, 0.29) is 10.2 Å². The molecule has 1 saturated heterocycles. The number of methoxy groups -OCH3 is 1. The van der Waals surface area contributed by atoms with Crippen molar-refractivity contribution < 1.29 is 9.29 Å². The van der Waals surface area contributed by atoms with Crippen LogP contribution in [0, 0.1) is 5.41 Å². The van der Waals surface area contributed by atoms with Crippen LogP contribution < -0.4 is 10.1 Å². The number of hydrogen-bond donors (Lipinski definition) is 1. The summed E-state index contributed by atoms with van der Waals surface area (Å²) >= 11 is -1.24. The number of benzene rings is 1. The SMILES string of the molecule is COc1ccc2c(c1)C(=N[S+]([O-])C(C)(C)C)C1(CCNCC1)C2. The van der Waals surface area contributed by atoms with E-state index in [1.807, 2.05) is 26.8 Å². The molecule has 1 aliphatic heterocycles. The number of hydrogen-bond acceptors (Lipinski definition) is 4. The van der Waals surface area contributed by atoms with Crippen LogP contribution in [0.4, 0.5) is 0 Å². The van der Waals surface area contributed by atoms with Gasteiger partial charge in [-0.1, -0.05) is 10.5 Å². The highest BCUT2D eigenvalue weighted by Crippen LogP contribution is 2.45. The Morgan fingerprint density at radius 1 is 1.26 bits per heavy atom. The maximum absolute atomic E-state index is 12.7. The molecule has 0 saturated carbocycles. The third-order valence-corrected chi connectivity index (χ3v) is 6.26. The molecule has 1 unspecified atom stereocenters. The van der Waals surface area contributed by atoms with Gasteiger partial charge in [0, 0.05) is 11.0 Å². The molecule has 3 rings (SSSR count). The summed E-state index contributed by atoms with van der Waals surface area (Å²) in [5, 5.41) is 3.43. The summed E-state index contributed by atoms with van der Waals surface area (Å²) in [6, 6.07) is 6.21. The molecule has 0 amide bonds. The number of nitrogens with zero attached hydrogens (tertiary/aromatic N) is 1. The van der Waals surface area contributed by atoms with E-state index in [4.69, 9.17) is 9.13 Å². The lowest BCUT2D eigenvalue weighted by atomic mass is 9.75. The maximum atomic E-state index is 12.7. The van der Waals surface area contributed by atoms with E-state index in [1.165, 1.54) is 5.56 Å². The van der Waals surface area contributed by atoms with Crippen molar-refractivity contribution in [3.05, 3.63) is 29.3 Å². The molecular weight excluding hydrogens is 308 g/mol. The summed E-state index contributed by atoms with van der Waals surface area (Å²) in [6.07, 6.45) is 3.09. The van der Waals surface area contributed by atoms with E-state index < -0.39 is 11.4 Å². The minimum absolute atomic E-state index is 0.0286. The average molecular weight is 334 g/mol. The first-order valence-corrected chi connectivity index (χ1v) is 9.36. The zero-order valence-corrected chi connectivity index (χ0v) is 15.3. The largest absolute Gasteiger partial charge is 0.591 e. The Hall–Kier alpha value is -1.04. The minimum atomic E-state index is -1.24. The lowest BCUT2D eigenvalue weighted by molar-refractivity contribution is 0.306. The van der Waals surface area contributed by atoms with Crippen molar-refractivity contribution in [1.82, 2.24) is 5.32 Å². The molecule has 5 heteroatoms. The predicted molar refractivity (Wildman–Crippen MR) is 95.7 cm³/mol. The highest BCUT2D eigenvalue weighted by Gasteiger charge is 2.46. The molecular formula is C18H26N2O2S. The van der Waals surface area contributed by atoms with Crippen molar-refractivity contribution in [1.29, 1.82) is 0 Å². The molecule has 1 aromatic carbocycles. The Balaban J connectivity index is 2.08. The fraction of sp³-hybridized carbons (Fsp3) is 0.611. The molecule has 1 aliphatic carbocycles. The van der Waals surface area contributed by atoms with E-state index in [1.54, 1.807) is 7.11 Å². The molecule has 1 fully saturated rings. The van der Waals surface area contributed by atoms with Gasteiger partial charge in [0.05, 0.1) is 7.11 Å². The second-order valence-electron chi connectivity index (χ2n) is 7.53. The molecule has 1 aromatic rings. The van der Waals surface area contributed by atoms with Crippen molar-refractivity contribution in [2.45, 2.75) is 44.8 Å². The van der Waals surface area contributed by atoms with Gasteiger partial charge < -0.3 is 14.6 Å². The predicted octanol–water partition coefficient (Wildman–Crippen LogP) is 2.87. The standard InChI is InChI=1S/C18H26N2O2S/c1-17(2,3)23(21)20-16-15-11-14(22-4)6-5-13(15)12-18(16)7-9-19-10-8-18/h5-6,11,19H,7-10,12H2,1-4H3. The van der Waals surface area contributed by atoms with Crippen LogP contribution in [0.2, 0.25) is 0 Å². The van der Waals surface area contributed by atoms with Gasteiger partial charge in [0.1, 0.15) is 27.6 Å². The van der Waals surface area contributed by atoms with Crippen LogP contribution in [0.15, 0.2) is 22.6 Å². The zero-order valence-electron chi connectivity index (χ0n) is 14.4. The zero-order chi connectivity index (χ0) is 16.7. The summed E-state index contributed by atoms with van der Waals surface area (Å²) in [4.78, 5) is 0. The van der Waals surface area contributed by atoms with E-state index in [2.05, 4.69) is 17.4 Å². The molecule has 1 heterocycles. The highest BCUT2D eigenvalue weighted by molar-refractivity contribution is 7.91. The first-order valence-electron chi connectivity index (χ1n) is 8.25. The van der Waals surface area contributed by atoms with Crippen LogP contribution in [-0.2, 0) is 17.8 Å². The Bertz CT molecular complexity index is 616. The van der Waals surface area contributed by atoms with E-state index in [0.717, 1.165) is 49.4 Å². The summed E-state index contributed by atoms with van der Waals surface area (Å²) in [5.41, 5.74) is 3.49. The van der Waals surface area contributed by atoms with Gasteiger partial charge in [-0.2, -0.15) is 0 Å². The van der Waals surface area contributed by atoms with Crippen molar-refractivity contribution >= 4 is 17.1 Å². The van der Waals surface area contributed by atoms with Crippen molar-refractivity contribution in [2.75, 3.05) is 20.2 Å². The first-order chi connectivity index (χ1) is 10.9. The van der Waals surface area contributed by atoms with Gasteiger partial charge in [0.15, 0.2) is 0 Å². The van der Waals surface area contributed by atoms with Crippen LogP contribution >= 0.6 is 0 Å². The maximum Gasteiger partial charge on any atom is 0.144 e. The van der Waals surface area contributed by atoms with Crippen LogP contribution in [0.1, 0.15) is 44.7 Å². The van der Waals surface area contributed by atoms with Crippen molar-refractivity contribution in [2.24, 2.45) is 9.81 Å². The topological polar surface area (TPSA) is 56.7 Å². The Labute approximate surface area is 142 Å². The van der Waals surface area contributed by atoms with Gasteiger partial charge >= 0.3 is 0 Å². The smallest absolute Gasteiger partial charge is 0.144 e. The molecule has 0 radical (unpaired) electrons. The normalized spacial score (nSPS) is 23.1. The molecule has 23 heavy (non-hydrogen) atoms. The number of piperidine rings is 1. The van der Waals surface area contributed by atoms with Crippen LogP contribution in [0.5, 0.6) is 5.75 Å². The van der Waals surface area contributed by atoms with Gasteiger partial charge in [-0.05, 0) is 70.8 Å². The summed E-state index contributed by atoms with van der Waals surface area (Å²) in [6.45, 7) is 7.91. The number of nitrogens with one attached hydrogen (secondary N) is 1. The lowest BCUT2D eigenvalue weighted by Crippen LogP contribution is -2.41. The molecule has 1 N–H and O–H groups in total. The van der Waals surface area contributed by atoms with Gasteiger partial charge in [0.2, 0.25) is 0 Å². The number of fused-ring (bicyclic) bond motifs is 1. The monoisotopic (exact) mass is 334 g/mol. The molecule has 1 atom stereocenters. The second-order valence-corrected chi connectivity index (χ2v) is 9.44. The van der Waals surface area contributed by atoms with Crippen LogP contribution in [0.3, 0.4) is 0 Å². The fourth-order valence-electron chi connectivity index (χ4n) is 3.48. The van der Waals surface area contributed by atoms with Crippen molar-refractivity contribution in [3.8, 4) is 5.75 Å². The molecule has 4 nitrogen and oxygen atoms in total. The van der Waals surface area contributed by atoms with Gasteiger partial charge in [-0.3, -0.25) is 0 Å². The third-order valence-electron chi connectivity index (χ3n) is 4.86. The van der Waals surface area contributed by atoms with Gasteiger partial charge in [-0.15, -0.1) is 0 Å². The Morgan fingerprint density at radius 3 is 2.57 bits per heavy atom. The van der Waals surface area contributed by atoms with Crippen LogP contribution in [0.25, 0.3) is 0 Å². The molecule has 2 aliphatic rings. The Morgan fingerprint density at radius 2 is 1.96 bits per heavy atom.